The van der Waals surface area contributed by atoms with E-state index in [2.05, 4.69) is 10.5 Å². The van der Waals surface area contributed by atoms with E-state index in [0.29, 0.717) is 24.2 Å². The molecule has 0 saturated carbocycles. The minimum atomic E-state index is -3.89. The fourth-order valence-corrected chi connectivity index (χ4v) is 4.88. The molecule has 2 aromatic rings. The van der Waals surface area contributed by atoms with E-state index in [1.165, 1.54) is 23.5 Å². The highest BCUT2D eigenvalue weighted by Gasteiger charge is 2.29. The van der Waals surface area contributed by atoms with Gasteiger partial charge < -0.3 is 10.1 Å². The first kappa shape index (κ1) is 21.8. The summed E-state index contributed by atoms with van der Waals surface area (Å²) in [6, 6.07) is 9.73. The van der Waals surface area contributed by atoms with Crippen molar-refractivity contribution in [2.24, 2.45) is 5.18 Å². The number of rotatable bonds is 8. The number of nitroso groups, excluding NO2 is 1. The lowest BCUT2D eigenvalue weighted by atomic mass is 10.0. The van der Waals surface area contributed by atoms with Gasteiger partial charge in [-0.1, -0.05) is 11.2 Å². The summed E-state index contributed by atoms with van der Waals surface area (Å²) in [5.41, 5.74) is 1.70. The molecular formula is C20H22FN3O5S. The number of benzene rings is 2. The molecule has 1 amide bonds. The first-order valence-electron chi connectivity index (χ1n) is 9.41. The smallest absolute Gasteiger partial charge is 0.264 e. The summed E-state index contributed by atoms with van der Waals surface area (Å²) in [6.07, 6.45) is 0.633. The van der Waals surface area contributed by atoms with Crippen LogP contribution in [0.2, 0.25) is 0 Å². The van der Waals surface area contributed by atoms with E-state index in [-0.39, 0.29) is 24.4 Å². The molecule has 10 heteroatoms. The van der Waals surface area contributed by atoms with Crippen LogP contribution in [0.15, 0.2) is 52.5 Å². The zero-order valence-corrected chi connectivity index (χ0v) is 17.2. The molecule has 1 aliphatic heterocycles. The fraction of sp³-hybridized carbons (Fsp3) is 0.350. The minimum Gasteiger partial charge on any atom is -0.372 e. The zero-order valence-electron chi connectivity index (χ0n) is 16.4. The molecule has 160 valence electrons. The van der Waals surface area contributed by atoms with Crippen LogP contribution in [0.1, 0.15) is 18.4 Å². The number of carbonyl (C=O) groups is 1. The van der Waals surface area contributed by atoms with Crippen LogP contribution < -0.4 is 9.62 Å². The highest BCUT2D eigenvalue weighted by atomic mass is 32.2. The second-order valence-corrected chi connectivity index (χ2v) is 8.70. The molecule has 0 aromatic heterocycles. The van der Waals surface area contributed by atoms with Gasteiger partial charge in [-0.3, -0.25) is 9.10 Å². The van der Waals surface area contributed by atoms with Gasteiger partial charge in [0.15, 0.2) is 0 Å². The Bertz CT molecular complexity index is 1030. The van der Waals surface area contributed by atoms with Gasteiger partial charge in [-0.2, -0.15) is 4.91 Å². The van der Waals surface area contributed by atoms with Crippen molar-refractivity contribution in [3.63, 3.8) is 0 Å². The lowest BCUT2D eigenvalue weighted by Crippen LogP contribution is -2.35. The van der Waals surface area contributed by atoms with E-state index in [1.807, 2.05) is 0 Å². The first-order chi connectivity index (χ1) is 14.4. The fourth-order valence-electron chi connectivity index (χ4n) is 3.35. The van der Waals surface area contributed by atoms with Crippen molar-refractivity contribution < 1.29 is 22.3 Å². The SMILES string of the molecule is COC(CCN=O)C(=O)Nc1ccc2c(c1)N(S(=O)(=O)c1ccc(F)cc1)CCC2. The van der Waals surface area contributed by atoms with Gasteiger partial charge in [-0.15, -0.1) is 0 Å². The molecule has 1 unspecified atom stereocenters. The molecule has 8 nitrogen and oxygen atoms in total. The number of aryl methyl sites for hydroxylation is 1. The molecule has 2 aromatic carbocycles. The number of ether oxygens (including phenoxy) is 1. The number of halogens is 1. The molecule has 1 heterocycles. The maximum Gasteiger partial charge on any atom is 0.264 e. The van der Waals surface area contributed by atoms with Crippen LogP contribution in [0.3, 0.4) is 0 Å². The molecule has 1 aliphatic rings. The second kappa shape index (κ2) is 9.31. The summed E-state index contributed by atoms with van der Waals surface area (Å²) in [4.78, 5) is 22.7. The monoisotopic (exact) mass is 435 g/mol. The lowest BCUT2D eigenvalue weighted by molar-refractivity contribution is -0.125. The van der Waals surface area contributed by atoms with Crippen molar-refractivity contribution in [1.82, 2.24) is 0 Å². The van der Waals surface area contributed by atoms with Crippen molar-refractivity contribution in [1.29, 1.82) is 0 Å². The Labute approximate surface area is 174 Å². The molecule has 0 spiro atoms. The number of amides is 1. The predicted molar refractivity (Wildman–Crippen MR) is 110 cm³/mol. The Kier molecular flexibility index (Phi) is 6.78. The molecule has 1 atom stereocenters. The molecule has 0 saturated heterocycles. The number of sulfonamides is 1. The van der Waals surface area contributed by atoms with Gasteiger partial charge in [0.1, 0.15) is 11.9 Å². The van der Waals surface area contributed by atoms with Crippen molar-refractivity contribution >= 4 is 27.3 Å². The summed E-state index contributed by atoms with van der Waals surface area (Å²) in [7, 11) is -2.53. The molecule has 0 aliphatic carbocycles. The third kappa shape index (κ3) is 4.65. The van der Waals surface area contributed by atoms with Crippen LogP contribution in [0, 0.1) is 10.7 Å². The van der Waals surface area contributed by atoms with Crippen LogP contribution in [0.5, 0.6) is 0 Å². The van der Waals surface area contributed by atoms with Crippen molar-refractivity contribution in [3.05, 3.63) is 58.8 Å². The number of fused-ring (bicyclic) bond motifs is 1. The van der Waals surface area contributed by atoms with E-state index in [0.717, 1.165) is 17.7 Å². The van der Waals surface area contributed by atoms with Gasteiger partial charge in [0, 0.05) is 25.8 Å². The highest BCUT2D eigenvalue weighted by molar-refractivity contribution is 7.92. The molecule has 1 N–H and O–H groups in total. The van der Waals surface area contributed by atoms with Crippen LogP contribution >= 0.6 is 0 Å². The predicted octanol–water partition coefficient (Wildman–Crippen LogP) is 3.08. The summed E-state index contributed by atoms with van der Waals surface area (Å²) in [6.45, 7) is 0.218. The Hall–Kier alpha value is -2.85. The van der Waals surface area contributed by atoms with Gasteiger partial charge in [0.05, 0.1) is 17.1 Å². The lowest BCUT2D eigenvalue weighted by Gasteiger charge is -2.31. The number of anilines is 2. The van der Waals surface area contributed by atoms with Crippen molar-refractivity contribution in [3.8, 4) is 0 Å². The van der Waals surface area contributed by atoms with Crippen molar-refractivity contribution in [2.45, 2.75) is 30.3 Å². The molecule has 0 bridgehead atoms. The summed E-state index contributed by atoms with van der Waals surface area (Å²) in [5, 5.41) is 5.43. The third-order valence-corrected chi connectivity index (χ3v) is 6.72. The average molecular weight is 435 g/mol. The average Bonchev–Trinajstić information content (AvgIpc) is 2.74. The van der Waals surface area contributed by atoms with Gasteiger partial charge in [0.2, 0.25) is 0 Å². The molecule has 0 fully saturated rings. The maximum atomic E-state index is 13.2. The Morgan fingerprint density at radius 1 is 1.27 bits per heavy atom. The normalized spacial score (nSPS) is 14.7. The van der Waals surface area contributed by atoms with Crippen LogP contribution in [-0.2, 0) is 26.0 Å². The topological polar surface area (TPSA) is 105 Å². The summed E-state index contributed by atoms with van der Waals surface area (Å²) in [5.74, 6) is -0.972. The number of nitrogens with one attached hydrogen (secondary N) is 1. The Morgan fingerprint density at radius 2 is 2.00 bits per heavy atom. The number of methoxy groups -OCH3 is 1. The Morgan fingerprint density at radius 3 is 2.67 bits per heavy atom. The third-order valence-electron chi connectivity index (χ3n) is 4.89. The minimum absolute atomic E-state index is 0.00741. The van der Waals surface area contributed by atoms with E-state index in [1.54, 1.807) is 18.2 Å². The van der Waals surface area contributed by atoms with Gasteiger partial charge >= 0.3 is 0 Å². The Balaban J connectivity index is 1.88. The second-order valence-electron chi connectivity index (χ2n) is 6.83. The van der Waals surface area contributed by atoms with E-state index in [4.69, 9.17) is 4.74 Å². The van der Waals surface area contributed by atoms with Crippen LogP contribution in [0.4, 0.5) is 15.8 Å². The van der Waals surface area contributed by atoms with E-state index < -0.39 is 27.9 Å². The standard InChI is InChI=1S/C20H22FN3O5S/c1-29-19(10-11-22-26)20(25)23-16-7-4-14-3-2-12-24(18(14)13-16)30(27,28)17-8-5-15(21)6-9-17/h4-9,13,19H,2-3,10-12H2,1H3,(H,23,25). The molecule has 3 rings (SSSR count). The molecule has 30 heavy (non-hydrogen) atoms. The van der Waals surface area contributed by atoms with Crippen LogP contribution in [-0.4, -0.2) is 40.6 Å². The molecular weight excluding hydrogens is 413 g/mol. The van der Waals surface area contributed by atoms with Gasteiger partial charge in [-0.05, 0) is 54.8 Å². The number of hydrogen-bond acceptors (Lipinski definition) is 6. The van der Waals surface area contributed by atoms with Crippen LogP contribution in [0.25, 0.3) is 0 Å². The van der Waals surface area contributed by atoms with Gasteiger partial charge in [0.25, 0.3) is 15.9 Å². The quantitative estimate of drug-likeness (QED) is 0.642. The number of nitrogens with zero attached hydrogens (tertiary/aromatic N) is 2. The number of hydrogen-bond donors (Lipinski definition) is 1. The highest BCUT2D eigenvalue weighted by Crippen LogP contribution is 2.34. The zero-order chi connectivity index (χ0) is 21.7. The van der Waals surface area contributed by atoms with E-state index >= 15 is 0 Å². The maximum absolute atomic E-state index is 13.2. The summed E-state index contributed by atoms with van der Waals surface area (Å²) < 4.78 is 45.8. The van der Waals surface area contributed by atoms with Crippen molar-refractivity contribution in [2.75, 3.05) is 29.8 Å². The first-order valence-corrected chi connectivity index (χ1v) is 10.8. The van der Waals surface area contributed by atoms with E-state index in [9.17, 15) is 22.5 Å². The molecule has 0 radical (unpaired) electrons. The van der Waals surface area contributed by atoms with Gasteiger partial charge in [-0.25, -0.2) is 12.8 Å². The largest absolute Gasteiger partial charge is 0.372 e. The summed E-state index contributed by atoms with van der Waals surface area (Å²) >= 11 is 0. The number of carbonyl (C=O) groups excluding carboxylic acids is 1.